The molecule has 0 amide bonds. The lowest BCUT2D eigenvalue weighted by Gasteiger charge is -2.24. The van der Waals surface area contributed by atoms with Crippen LogP contribution in [0.3, 0.4) is 0 Å². The standard InChI is InChI=1S/C15H19N5O/c1-11-5-6-16-15(18-11)20-7-3-4-13(20)8-14(21)12-9-17-19(2)10-12/h5-6,9-10,13H,3-4,7-8H2,1-2H3/t13-/m0/s1. The van der Waals surface area contributed by atoms with Crippen molar-refractivity contribution in [3.8, 4) is 0 Å². The number of ketones is 1. The highest BCUT2D eigenvalue weighted by molar-refractivity contribution is 5.96. The van der Waals surface area contributed by atoms with Gasteiger partial charge in [-0.2, -0.15) is 5.10 Å². The van der Waals surface area contributed by atoms with E-state index in [0.29, 0.717) is 12.0 Å². The minimum absolute atomic E-state index is 0.132. The fourth-order valence-electron chi connectivity index (χ4n) is 2.78. The van der Waals surface area contributed by atoms with Gasteiger partial charge in [0, 0.05) is 44.1 Å². The monoisotopic (exact) mass is 285 g/mol. The number of aromatic nitrogens is 4. The summed E-state index contributed by atoms with van der Waals surface area (Å²) < 4.78 is 1.66. The third-order valence-corrected chi connectivity index (χ3v) is 3.86. The van der Waals surface area contributed by atoms with Crippen molar-refractivity contribution < 1.29 is 4.79 Å². The minimum atomic E-state index is 0.132. The Labute approximate surface area is 123 Å². The van der Waals surface area contributed by atoms with Gasteiger partial charge in [0.15, 0.2) is 5.78 Å². The predicted molar refractivity (Wildman–Crippen MR) is 79.3 cm³/mol. The SMILES string of the molecule is Cc1ccnc(N2CCC[C@H]2CC(=O)c2cnn(C)c2)n1. The maximum Gasteiger partial charge on any atom is 0.225 e. The first-order valence-corrected chi connectivity index (χ1v) is 7.21. The van der Waals surface area contributed by atoms with Crippen LogP contribution in [-0.4, -0.2) is 38.1 Å². The highest BCUT2D eigenvalue weighted by Gasteiger charge is 2.29. The van der Waals surface area contributed by atoms with Crippen LogP contribution in [0.5, 0.6) is 0 Å². The van der Waals surface area contributed by atoms with Gasteiger partial charge >= 0.3 is 0 Å². The summed E-state index contributed by atoms with van der Waals surface area (Å²) in [6.07, 6.45) is 7.74. The normalized spacial score (nSPS) is 18.2. The molecule has 0 aromatic carbocycles. The van der Waals surface area contributed by atoms with E-state index in [4.69, 9.17) is 0 Å². The second-order valence-corrected chi connectivity index (χ2v) is 5.52. The van der Waals surface area contributed by atoms with E-state index >= 15 is 0 Å². The quantitative estimate of drug-likeness (QED) is 0.801. The Kier molecular flexibility index (Phi) is 3.68. The van der Waals surface area contributed by atoms with Gasteiger partial charge in [-0.1, -0.05) is 0 Å². The molecule has 0 saturated carbocycles. The molecule has 110 valence electrons. The van der Waals surface area contributed by atoms with Crippen molar-refractivity contribution in [2.45, 2.75) is 32.2 Å². The zero-order chi connectivity index (χ0) is 14.8. The molecule has 2 aromatic heterocycles. The van der Waals surface area contributed by atoms with Gasteiger partial charge in [0.2, 0.25) is 5.95 Å². The molecule has 0 N–H and O–H groups in total. The lowest BCUT2D eigenvalue weighted by molar-refractivity contribution is 0.0974. The molecule has 1 aliphatic heterocycles. The van der Waals surface area contributed by atoms with Crippen molar-refractivity contribution in [1.82, 2.24) is 19.7 Å². The Morgan fingerprint density at radius 1 is 1.48 bits per heavy atom. The van der Waals surface area contributed by atoms with Gasteiger partial charge in [-0.15, -0.1) is 0 Å². The smallest absolute Gasteiger partial charge is 0.225 e. The molecule has 2 aromatic rings. The van der Waals surface area contributed by atoms with E-state index in [2.05, 4.69) is 20.0 Å². The third-order valence-electron chi connectivity index (χ3n) is 3.86. The van der Waals surface area contributed by atoms with E-state index in [1.165, 1.54) is 0 Å². The molecule has 3 rings (SSSR count). The van der Waals surface area contributed by atoms with Gasteiger partial charge in [-0.05, 0) is 25.8 Å². The Morgan fingerprint density at radius 2 is 2.33 bits per heavy atom. The molecule has 0 spiro atoms. The summed E-state index contributed by atoms with van der Waals surface area (Å²) in [6, 6.07) is 2.06. The number of Topliss-reactive ketones (excluding diaryl/α,β-unsaturated/α-hetero) is 1. The van der Waals surface area contributed by atoms with Crippen molar-refractivity contribution in [1.29, 1.82) is 0 Å². The predicted octanol–water partition coefficient (Wildman–Crippen LogP) is 1.76. The summed E-state index contributed by atoms with van der Waals surface area (Å²) >= 11 is 0. The Bertz CT molecular complexity index is 651. The highest BCUT2D eigenvalue weighted by Crippen LogP contribution is 2.25. The van der Waals surface area contributed by atoms with E-state index in [-0.39, 0.29) is 11.8 Å². The van der Waals surface area contributed by atoms with E-state index in [0.717, 1.165) is 31.0 Å². The maximum absolute atomic E-state index is 12.3. The topological polar surface area (TPSA) is 63.9 Å². The van der Waals surface area contributed by atoms with E-state index < -0.39 is 0 Å². The maximum atomic E-state index is 12.3. The van der Waals surface area contributed by atoms with Crippen LogP contribution in [-0.2, 0) is 7.05 Å². The summed E-state index contributed by atoms with van der Waals surface area (Å²) in [5.41, 5.74) is 1.62. The van der Waals surface area contributed by atoms with Crippen molar-refractivity contribution in [2.75, 3.05) is 11.4 Å². The molecule has 1 atom stereocenters. The first-order chi connectivity index (χ1) is 10.1. The summed E-state index contributed by atoms with van der Waals surface area (Å²) in [6.45, 7) is 2.87. The molecule has 0 aliphatic carbocycles. The zero-order valence-electron chi connectivity index (χ0n) is 12.4. The Balaban J connectivity index is 1.74. The average Bonchev–Trinajstić information content (AvgIpc) is 3.08. The summed E-state index contributed by atoms with van der Waals surface area (Å²) in [5, 5.41) is 4.06. The van der Waals surface area contributed by atoms with Crippen LogP contribution in [0.25, 0.3) is 0 Å². The van der Waals surface area contributed by atoms with Crippen LogP contribution in [0.15, 0.2) is 24.7 Å². The van der Waals surface area contributed by atoms with Crippen LogP contribution in [0.1, 0.15) is 35.3 Å². The first kappa shape index (κ1) is 13.7. The first-order valence-electron chi connectivity index (χ1n) is 7.21. The second kappa shape index (κ2) is 5.63. The molecule has 1 saturated heterocycles. The van der Waals surface area contributed by atoms with Crippen molar-refractivity contribution >= 4 is 11.7 Å². The van der Waals surface area contributed by atoms with Gasteiger partial charge < -0.3 is 4.90 Å². The summed E-state index contributed by atoms with van der Waals surface area (Å²) in [7, 11) is 1.82. The number of carbonyl (C=O) groups is 1. The third kappa shape index (κ3) is 2.94. The Morgan fingerprint density at radius 3 is 3.05 bits per heavy atom. The van der Waals surface area contributed by atoms with Gasteiger partial charge in [0.1, 0.15) is 0 Å². The summed E-state index contributed by atoms with van der Waals surface area (Å²) in [4.78, 5) is 23.3. The molecule has 6 heteroatoms. The molecule has 3 heterocycles. The lowest BCUT2D eigenvalue weighted by Crippen LogP contribution is -2.32. The molecule has 1 fully saturated rings. The fraction of sp³-hybridized carbons (Fsp3) is 0.467. The Hall–Kier alpha value is -2.24. The average molecular weight is 285 g/mol. The molecule has 21 heavy (non-hydrogen) atoms. The van der Waals surface area contributed by atoms with Crippen molar-refractivity contribution in [3.63, 3.8) is 0 Å². The molecular weight excluding hydrogens is 266 g/mol. The molecule has 0 unspecified atom stereocenters. The molecule has 0 radical (unpaired) electrons. The number of nitrogens with zero attached hydrogens (tertiary/aromatic N) is 5. The minimum Gasteiger partial charge on any atom is -0.337 e. The van der Waals surface area contributed by atoms with Crippen molar-refractivity contribution in [2.24, 2.45) is 7.05 Å². The lowest BCUT2D eigenvalue weighted by atomic mass is 10.0. The van der Waals surface area contributed by atoms with Crippen molar-refractivity contribution in [3.05, 3.63) is 35.9 Å². The second-order valence-electron chi connectivity index (χ2n) is 5.52. The van der Waals surface area contributed by atoms with Gasteiger partial charge in [0.25, 0.3) is 0 Å². The number of aryl methyl sites for hydroxylation is 2. The highest BCUT2D eigenvalue weighted by atomic mass is 16.1. The number of hydrogen-bond acceptors (Lipinski definition) is 5. The van der Waals surface area contributed by atoms with Crippen LogP contribution < -0.4 is 4.90 Å². The van der Waals surface area contributed by atoms with Gasteiger partial charge in [-0.25, -0.2) is 9.97 Å². The van der Waals surface area contributed by atoms with Crippen LogP contribution in [0.2, 0.25) is 0 Å². The zero-order valence-corrected chi connectivity index (χ0v) is 12.4. The van der Waals surface area contributed by atoms with E-state index in [1.54, 1.807) is 23.3 Å². The molecule has 1 aliphatic rings. The van der Waals surface area contributed by atoms with E-state index in [9.17, 15) is 4.79 Å². The van der Waals surface area contributed by atoms with Crippen LogP contribution in [0.4, 0.5) is 5.95 Å². The fourth-order valence-corrected chi connectivity index (χ4v) is 2.78. The van der Waals surface area contributed by atoms with Crippen LogP contribution >= 0.6 is 0 Å². The molecule has 0 bridgehead atoms. The number of hydrogen-bond donors (Lipinski definition) is 0. The van der Waals surface area contributed by atoms with Gasteiger partial charge in [0.05, 0.1) is 11.8 Å². The number of anilines is 1. The van der Waals surface area contributed by atoms with Crippen LogP contribution in [0, 0.1) is 6.92 Å². The van der Waals surface area contributed by atoms with Gasteiger partial charge in [-0.3, -0.25) is 9.48 Å². The summed E-state index contributed by atoms with van der Waals surface area (Å²) in [5.74, 6) is 0.865. The van der Waals surface area contributed by atoms with E-state index in [1.807, 2.05) is 20.0 Å². The number of carbonyl (C=O) groups excluding carboxylic acids is 1. The number of rotatable bonds is 4. The molecular formula is C15H19N5O. The molecule has 6 nitrogen and oxygen atoms in total. The largest absolute Gasteiger partial charge is 0.337 e.